The molecule has 0 bridgehead atoms. The number of nitrogens with one attached hydrogen (secondary N) is 1. The second-order valence-corrected chi connectivity index (χ2v) is 8.79. The fourth-order valence-electron chi connectivity index (χ4n) is 4.11. The molecule has 1 saturated heterocycles. The first-order valence-electron chi connectivity index (χ1n) is 11.3. The maximum atomic E-state index is 12.5. The van der Waals surface area contributed by atoms with Crippen LogP contribution in [0.2, 0.25) is 0 Å². The number of hydrogen-bond donors (Lipinski definition) is 1. The van der Waals surface area contributed by atoms with Crippen LogP contribution in [-0.2, 0) is 6.61 Å². The molecule has 1 saturated carbocycles. The quantitative estimate of drug-likeness (QED) is 0.585. The van der Waals surface area contributed by atoms with Crippen molar-refractivity contribution in [3.05, 3.63) is 89.2 Å². The molecule has 1 N–H and O–H groups in total. The van der Waals surface area contributed by atoms with Gasteiger partial charge in [0.2, 0.25) is 0 Å². The fourth-order valence-corrected chi connectivity index (χ4v) is 4.11. The van der Waals surface area contributed by atoms with Gasteiger partial charge < -0.3 is 10.1 Å². The van der Waals surface area contributed by atoms with Crippen LogP contribution < -0.4 is 10.1 Å². The Balaban J connectivity index is 1.10. The highest BCUT2D eigenvalue weighted by molar-refractivity contribution is 5.92. The molecule has 0 radical (unpaired) electrons. The summed E-state index contributed by atoms with van der Waals surface area (Å²) in [4.78, 5) is 14.9. The van der Waals surface area contributed by atoms with Crippen molar-refractivity contribution in [3.63, 3.8) is 0 Å². The van der Waals surface area contributed by atoms with Gasteiger partial charge in [-0.3, -0.25) is 9.69 Å². The standard InChI is InChI=1S/C26H28N4O2/c1-18(20-9-11-24(12-10-20)32-17-19-5-3-2-4-6-19)30-15-23(16-30)28-26(31)25-13-22(14-27-29-25)21-7-8-21/h2-6,9-14,18,21,23H,7-8,15-17H2,1H3,(H,28,31). The molecule has 1 unspecified atom stereocenters. The number of benzene rings is 2. The number of ether oxygens (including phenoxy) is 1. The molecule has 164 valence electrons. The number of likely N-dealkylation sites (tertiary alicyclic amines) is 1. The Morgan fingerprint density at radius 2 is 1.88 bits per heavy atom. The predicted molar refractivity (Wildman–Crippen MR) is 122 cm³/mol. The predicted octanol–water partition coefficient (Wildman–Crippen LogP) is 4.11. The van der Waals surface area contributed by atoms with Crippen LogP contribution in [0.1, 0.15) is 58.9 Å². The van der Waals surface area contributed by atoms with Gasteiger partial charge in [0.05, 0.1) is 12.2 Å². The molecule has 2 aromatic carbocycles. The zero-order chi connectivity index (χ0) is 21.9. The molecule has 6 heteroatoms. The number of nitrogens with zero attached hydrogens (tertiary/aromatic N) is 3. The Morgan fingerprint density at radius 3 is 2.59 bits per heavy atom. The highest BCUT2D eigenvalue weighted by Crippen LogP contribution is 2.39. The van der Waals surface area contributed by atoms with Gasteiger partial charge in [0.1, 0.15) is 12.4 Å². The summed E-state index contributed by atoms with van der Waals surface area (Å²) in [5, 5.41) is 11.1. The highest BCUT2D eigenvalue weighted by Gasteiger charge is 2.32. The molecule has 1 atom stereocenters. The van der Waals surface area contributed by atoms with Crippen LogP contribution in [0.3, 0.4) is 0 Å². The number of amides is 1. The lowest BCUT2D eigenvalue weighted by Gasteiger charge is -2.43. The number of hydrogen-bond acceptors (Lipinski definition) is 5. The summed E-state index contributed by atoms with van der Waals surface area (Å²) in [6, 6.07) is 20.8. The Hall–Kier alpha value is -3.25. The van der Waals surface area contributed by atoms with Gasteiger partial charge in [0, 0.05) is 19.1 Å². The molecule has 2 aliphatic rings. The number of aromatic nitrogens is 2. The van der Waals surface area contributed by atoms with Gasteiger partial charge in [-0.05, 0) is 60.6 Å². The van der Waals surface area contributed by atoms with Crippen molar-refractivity contribution in [3.8, 4) is 5.75 Å². The third-order valence-electron chi connectivity index (χ3n) is 6.36. The molecule has 2 fully saturated rings. The van der Waals surface area contributed by atoms with E-state index in [0.29, 0.717) is 18.2 Å². The summed E-state index contributed by atoms with van der Waals surface area (Å²) in [5.74, 6) is 1.30. The summed E-state index contributed by atoms with van der Waals surface area (Å²) in [5.41, 5.74) is 3.95. The molecule has 1 aliphatic heterocycles. The summed E-state index contributed by atoms with van der Waals surface area (Å²) in [6.07, 6.45) is 4.14. The van der Waals surface area contributed by atoms with Gasteiger partial charge in [-0.15, -0.1) is 5.10 Å². The molecular formula is C26H28N4O2. The summed E-state index contributed by atoms with van der Waals surface area (Å²) in [7, 11) is 0. The van der Waals surface area contributed by atoms with E-state index < -0.39 is 0 Å². The molecule has 32 heavy (non-hydrogen) atoms. The van der Waals surface area contributed by atoms with Crippen LogP contribution in [0.4, 0.5) is 0 Å². The topological polar surface area (TPSA) is 67.3 Å². The smallest absolute Gasteiger partial charge is 0.272 e. The van der Waals surface area contributed by atoms with Gasteiger partial charge in [-0.1, -0.05) is 42.5 Å². The number of carbonyl (C=O) groups is 1. The largest absolute Gasteiger partial charge is 0.489 e. The lowest BCUT2D eigenvalue weighted by molar-refractivity contribution is 0.0671. The van der Waals surface area contributed by atoms with Crippen molar-refractivity contribution in [2.24, 2.45) is 0 Å². The lowest BCUT2D eigenvalue weighted by Crippen LogP contribution is -2.59. The van der Waals surface area contributed by atoms with E-state index in [2.05, 4.69) is 51.6 Å². The molecule has 3 aromatic rings. The monoisotopic (exact) mass is 428 g/mol. The number of rotatable bonds is 8. The van der Waals surface area contributed by atoms with E-state index in [1.807, 2.05) is 36.4 Å². The zero-order valence-corrected chi connectivity index (χ0v) is 18.3. The minimum absolute atomic E-state index is 0.128. The van der Waals surface area contributed by atoms with Gasteiger partial charge in [-0.25, -0.2) is 0 Å². The SMILES string of the molecule is CC(c1ccc(OCc2ccccc2)cc1)N1CC(NC(=O)c2cc(C3CC3)cnn2)C1. The Kier molecular flexibility index (Phi) is 5.86. The van der Waals surface area contributed by atoms with Crippen molar-refractivity contribution in [2.75, 3.05) is 13.1 Å². The highest BCUT2D eigenvalue weighted by atomic mass is 16.5. The van der Waals surface area contributed by atoms with Gasteiger partial charge in [-0.2, -0.15) is 5.10 Å². The Bertz CT molecular complexity index is 1060. The minimum Gasteiger partial charge on any atom is -0.489 e. The first-order chi connectivity index (χ1) is 15.7. The van der Waals surface area contributed by atoms with Crippen molar-refractivity contribution in [1.82, 2.24) is 20.4 Å². The molecule has 6 nitrogen and oxygen atoms in total. The zero-order valence-electron chi connectivity index (χ0n) is 18.3. The van der Waals surface area contributed by atoms with Crippen molar-refractivity contribution in [1.29, 1.82) is 0 Å². The summed E-state index contributed by atoms with van der Waals surface area (Å²) in [6.45, 7) is 4.42. The van der Waals surface area contributed by atoms with E-state index >= 15 is 0 Å². The van der Waals surface area contributed by atoms with Gasteiger partial charge >= 0.3 is 0 Å². The van der Waals surface area contributed by atoms with Crippen LogP contribution in [0.15, 0.2) is 66.9 Å². The third kappa shape index (κ3) is 4.81. The Labute approximate surface area is 188 Å². The third-order valence-corrected chi connectivity index (χ3v) is 6.36. The van der Waals surface area contributed by atoms with Crippen LogP contribution in [0, 0.1) is 0 Å². The van der Waals surface area contributed by atoms with Gasteiger partial charge in [0.25, 0.3) is 5.91 Å². The van der Waals surface area contributed by atoms with E-state index in [4.69, 9.17) is 4.74 Å². The van der Waals surface area contributed by atoms with Crippen molar-refractivity contribution >= 4 is 5.91 Å². The summed E-state index contributed by atoms with van der Waals surface area (Å²) >= 11 is 0. The number of carbonyl (C=O) groups excluding carboxylic acids is 1. The molecule has 2 heterocycles. The average Bonchev–Trinajstić information content (AvgIpc) is 3.66. The average molecular weight is 429 g/mol. The molecular weight excluding hydrogens is 400 g/mol. The fraction of sp³-hybridized carbons (Fsp3) is 0.346. The van der Waals surface area contributed by atoms with Crippen LogP contribution in [0.25, 0.3) is 0 Å². The first kappa shape index (κ1) is 20.6. The van der Waals surface area contributed by atoms with E-state index in [9.17, 15) is 4.79 Å². The second-order valence-electron chi connectivity index (χ2n) is 8.79. The summed E-state index contributed by atoms with van der Waals surface area (Å²) < 4.78 is 5.89. The molecule has 1 aliphatic carbocycles. The van der Waals surface area contributed by atoms with E-state index in [1.54, 1.807) is 6.20 Å². The van der Waals surface area contributed by atoms with Crippen LogP contribution in [0.5, 0.6) is 5.75 Å². The molecule has 1 aromatic heterocycles. The Morgan fingerprint density at radius 1 is 1.12 bits per heavy atom. The maximum absolute atomic E-state index is 12.5. The lowest BCUT2D eigenvalue weighted by atomic mass is 10.00. The molecule has 0 spiro atoms. The molecule has 5 rings (SSSR count). The second kappa shape index (κ2) is 9.09. The van der Waals surface area contributed by atoms with E-state index in [0.717, 1.165) is 30.0 Å². The van der Waals surface area contributed by atoms with E-state index in [1.165, 1.54) is 18.4 Å². The van der Waals surface area contributed by atoms with Crippen LogP contribution >= 0.6 is 0 Å². The van der Waals surface area contributed by atoms with Crippen LogP contribution in [-0.4, -0.2) is 40.1 Å². The van der Waals surface area contributed by atoms with E-state index in [-0.39, 0.29) is 18.0 Å². The maximum Gasteiger partial charge on any atom is 0.272 e. The van der Waals surface area contributed by atoms with Crippen molar-refractivity contribution < 1.29 is 9.53 Å². The van der Waals surface area contributed by atoms with Gasteiger partial charge in [0.15, 0.2) is 5.69 Å². The normalized spacial score (nSPS) is 17.4. The van der Waals surface area contributed by atoms with Crippen molar-refractivity contribution in [2.45, 2.75) is 44.4 Å². The molecule has 1 amide bonds. The first-order valence-corrected chi connectivity index (χ1v) is 11.3. The minimum atomic E-state index is -0.128.